The summed E-state index contributed by atoms with van der Waals surface area (Å²) in [4.78, 5) is 7.46. The molecule has 0 unspecified atom stereocenters. The summed E-state index contributed by atoms with van der Waals surface area (Å²) in [7, 11) is 0. The number of halogens is 6. The van der Waals surface area contributed by atoms with Crippen LogP contribution in [0, 0.1) is 34.9 Å². The highest BCUT2D eigenvalue weighted by molar-refractivity contribution is 5.85. The van der Waals surface area contributed by atoms with E-state index >= 15 is 0 Å². The monoisotopic (exact) mass is 370 g/mol. The third kappa shape index (κ3) is 2.89. The lowest BCUT2D eigenvalue weighted by Crippen LogP contribution is -2.06. The van der Waals surface area contributed by atoms with E-state index in [1.54, 1.807) is 0 Å². The minimum absolute atomic E-state index is 0.280. The van der Waals surface area contributed by atoms with Crippen LogP contribution in [0.3, 0.4) is 0 Å². The van der Waals surface area contributed by atoms with Gasteiger partial charge < -0.3 is 11.5 Å². The predicted molar refractivity (Wildman–Crippen MR) is 81.5 cm³/mol. The van der Waals surface area contributed by atoms with E-state index in [9.17, 15) is 26.3 Å². The lowest BCUT2D eigenvalue weighted by atomic mass is 10.0. The molecule has 1 heterocycles. The third-order valence-electron chi connectivity index (χ3n) is 3.48. The molecule has 26 heavy (non-hydrogen) atoms. The molecule has 4 N–H and O–H groups in total. The molecule has 4 nitrogen and oxygen atoms in total. The summed E-state index contributed by atoms with van der Waals surface area (Å²) in [6.45, 7) is 0. The average Bonchev–Trinajstić information content (AvgIpc) is 2.58. The van der Waals surface area contributed by atoms with Crippen LogP contribution >= 0.6 is 0 Å². The van der Waals surface area contributed by atoms with Gasteiger partial charge in [-0.2, -0.15) is 0 Å². The van der Waals surface area contributed by atoms with Crippen LogP contribution in [0.25, 0.3) is 22.5 Å². The smallest absolute Gasteiger partial charge is 0.221 e. The molecule has 3 rings (SSSR count). The molecule has 0 aliphatic carbocycles. The maximum atomic E-state index is 13.5. The molecular weight excluding hydrogens is 362 g/mol. The fourth-order valence-electron chi connectivity index (χ4n) is 2.31. The van der Waals surface area contributed by atoms with E-state index < -0.39 is 40.9 Å². The fourth-order valence-corrected chi connectivity index (χ4v) is 2.31. The molecule has 1 aromatic heterocycles. The molecule has 10 heteroatoms. The minimum Gasteiger partial charge on any atom is -0.395 e. The molecule has 0 radical (unpaired) electrons. The molecule has 0 aliphatic rings. The van der Waals surface area contributed by atoms with Gasteiger partial charge in [-0.15, -0.1) is 0 Å². The summed E-state index contributed by atoms with van der Waals surface area (Å²) in [6.07, 6.45) is 0. The third-order valence-corrected chi connectivity index (χ3v) is 3.48. The Morgan fingerprint density at radius 3 is 1.19 bits per heavy atom. The second kappa shape index (κ2) is 6.21. The highest BCUT2D eigenvalue weighted by Gasteiger charge is 2.20. The zero-order chi connectivity index (χ0) is 19.2. The molecule has 0 saturated carbocycles. The number of nitrogen functional groups attached to an aromatic ring is 2. The van der Waals surface area contributed by atoms with Gasteiger partial charge in [-0.1, -0.05) is 0 Å². The zero-order valence-corrected chi connectivity index (χ0v) is 12.6. The molecule has 0 amide bonds. The van der Waals surface area contributed by atoms with Crippen molar-refractivity contribution >= 4 is 11.6 Å². The number of nitrogens with two attached hydrogens (primary N) is 2. The van der Waals surface area contributed by atoms with E-state index in [1.807, 2.05) is 0 Å². The fraction of sp³-hybridized carbons (Fsp3) is 0. The molecule has 2 aromatic carbocycles. The van der Waals surface area contributed by atoms with Crippen LogP contribution in [0.4, 0.5) is 38.0 Å². The van der Waals surface area contributed by atoms with Gasteiger partial charge in [0.25, 0.3) is 0 Å². The van der Waals surface area contributed by atoms with Gasteiger partial charge in [0.2, 0.25) is 5.95 Å². The van der Waals surface area contributed by atoms with Gasteiger partial charge >= 0.3 is 0 Å². The van der Waals surface area contributed by atoms with Crippen LogP contribution in [0.1, 0.15) is 0 Å². The number of hydrogen-bond acceptors (Lipinski definition) is 4. The van der Waals surface area contributed by atoms with Gasteiger partial charge in [-0.3, -0.25) is 0 Å². The summed E-state index contributed by atoms with van der Waals surface area (Å²) >= 11 is 0. The van der Waals surface area contributed by atoms with Crippen LogP contribution in [-0.4, -0.2) is 9.97 Å². The number of aromatic nitrogens is 2. The summed E-state index contributed by atoms with van der Waals surface area (Å²) in [5.41, 5.74) is 9.84. The van der Waals surface area contributed by atoms with Crippen molar-refractivity contribution in [2.24, 2.45) is 0 Å². The molecule has 0 fully saturated rings. The lowest BCUT2D eigenvalue weighted by Gasteiger charge is -2.12. The molecular formula is C16H8F6N4. The van der Waals surface area contributed by atoms with Gasteiger partial charge in [0.05, 0.1) is 17.1 Å². The SMILES string of the molecule is Nc1nc(-c2cc(F)c(F)c(F)c2)c(N)c(-c2cc(F)c(F)c(F)c2)n1. The van der Waals surface area contributed by atoms with Crippen LogP contribution in [-0.2, 0) is 0 Å². The van der Waals surface area contributed by atoms with E-state index in [4.69, 9.17) is 11.5 Å². The summed E-state index contributed by atoms with van der Waals surface area (Å²) in [5.74, 6) is -9.85. The summed E-state index contributed by atoms with van der Waals surface area (Å²) in [5, 5.41) is 0. The van der Waals surface area contributed by atoms with Crippen molar-refractivity contribution in [1.82, 2.24) is 9.97 Å². The van der Waals surface area contributed by atoms with Crippen molar-refractivity contribution in [1.29, 1.82) is 0 Å². The molecule has 0 atom stereocenters. The number of hydrogen-bond donors (Lipinski definition) is 2. The van der Waals surface area contributed by atoms with Crippen molar-refractivity contribution in [3.05, 3.63) is 59.2 Å². The van der Waals surface area contributed by atoms with Gasteiger partial charge in [-0.05, 0) is 24.3 Å². The first-order valence-corrected chi connectivity index (χ1v) is 6.92. The largest absolute Gasteiger partial charge is 0.395 e. The summed E-state index contributed by atoms with van der Waals surface area (Å²) < 4.78 is 80.1. The van der Waals surface area contributed by atoms with Crippen molar-refractivity contribution in [2.75, 3.05) is 11.5 Å². The maximum absolute atomic E-state index is 13.5. The Bertz CT molecular complexity index is 913. The highest BCUT2D eigenvalue weighted by Crippen LogP contribution is 2.34. The molecule has 134 valence electrons. The molecule has 0 spiro atoms. The van der Waals surface area contributed by atoms with E-state index in [0.29, 0.717) is 24.3 Å². The van der Waals surface area contributed by atoms with Gasteiger partial charge in [-0.25, -0.2) is 36.3 Å². The van der Waals surface area contributed by atoms with Crippen LogP contribution in [0.15, 0.2) is 24.3 Å². The quantitative estimate of drug-likeness (QED) is 0.531. The first-order chi connectivity index (χ1) is 12.2. The molecule has 0 saturated heterocycles. The Balaban J connectivity index is 2.26. The first kappa shape index (κ1) is 17.5. The zero-order valence-electron chi connectivity index (χ0n) is 12.6. The van der Waals surface area contributed by atoms with Crippen molar-refractivity contribution in [2.45, 2.75) is 0 Å². The van der Waals surface area contributed by atoms with Crippen LogP contribution in [0.5, 0.6) is 0 Å². The number of anilines is 2. The Morgan fingerprint density at radius 1 is 0.577 bits per heavy atom. The number of nitrogens with zero attached hydrogens (tertiary/aromatic N) is 2. The second-order valence-corrected chi connectivity index (χ2v) is 5.20. The molecule has 0 aliphatic heterocycles. The molecule has 0 bridgehead atoms. The Kier molecular flexibility index (Phi) is 4.18. The van der Waals surface area contributed by atoms with E-state index in [1.165, 1.54) is 0 Å². The van der Waals surface area contributed by atoms with E-state index in [-0.39, 0.29) is 28.2 Å². The summed E-state index contributed by atoms with van der Waals surface area (Å²) in [6, 6.07) is 2.47. The average molecular weight is 370 g/mol. The number of rotatable bonds is 2. The highest BCUT2D eigenvalue weighted by atomic mass is 19.2. The Hall–Kier alpha value is -3.30. The van der Waals surface area contributed by atoms with Crippen molar-refractivity contribution < 1.29 is 26.3 Å². The van der Waals surface area contributed by atoms with Crippen molar-refractivity contribution in [3.8, 4) is 22.5 Å². The van der Waals surface area contributed by atoms with Gasteiger partial charge in [0.15, 0.2) is 34.9 Å². The van der Waals surface area contributed by atoms with E-state index in [0.717, 1.165) is 0 Å². The van der Waals surface area contributed by atoms with Crippen molar-refractivity contribution in [3.63, 3.8) is 0 Å². The maximum Gasteiger partial charge on any atom is 0.221 e. The molecule has 3 aromatic rings. The Morgan fingerprint density at radius 2 is 0.885 bits per heavy atom. The van der Waals surface area contributed by atoms with Gasteiger partial charge in [0.1, 0.15) is 0 Å². The predicted octanol–water partition coefficient (Wildman–Crippen LogP) is 3.81. The number of benzene rings is 2. The standard InChI is InChI=1S/C16H8F6N4/c17-7-1-5(2-8(18)11(7)21)14-13(23)15(26-16(24)25-14)6-3-9(19)12(22)10(20)4-6/h1-4H,23H2,(H2,24,25,26). The minimum atomic E-state index is -1.70. The van der Waals surface area contributed by atoms with Crippen LogP contribution < -0.4 is 11.5 Å². The topological polar surface area (TPSA) is 77.8 Å². The first-order valence-electron chi connectivity index (χ1n) is 6.92. The lowest BCUT2D eigenvalue weighted by molar-refractivity contribution is 0.447. The van der Waals surface area contributed by atoms with Gasteiger partial charge in [0, 0.05) is 11.1 Å². The van der Waals surface area contributed by atoms with Crippen LogP contribution in [0.2, 0.25) is 0 Å². The second-order valence-electron chi connectivity index (χ2n) is 5.20. The normalized spacial score (nSPS) is 11.0. The Labute approximate surface area is 142 Å². The van der Waals surface area contributed by atoms with E-state index in [2.05, 4.69) is 9.97 Å².